The van der Waals surface area contributed by atoms with E-state index in [4.69, 9.17) is 19.6 Å². The average Bonchev–Trinajstić information content (AvgIpc) is 3.53. The van der Waals surface area contributed by atoms with Gasteiger partial charge in [0.1, 0.15) is 5.60 Å². The minimum absolute atomic E-state index is 0.00670. The lowest BCUT2D eigenvalue weighted by Crippen LogP contribution is -2.43. The number of amides is 1. The third-order valence-electron chi connectivity index (χ3n) is 11.5. The first-order chi connectivity index (χ1) is 23.1. The van der Waals surface area contributed by atoms with E-state index in [-0.39, 0.29) is 29.1 Å². The Kier molecular flexibility index (Phi) is 9.18. The lowest BCUT2D eigenvalue weighted by Gasteiger charge is -2.41. The van der Waals surface area contributed by atoms with Gasteiger partial charge >= 0.3 is 6.09 Å². The van der Waals surface area contributed by atoms with E-state index in [1.54, 1.807) is 11.1 Å². The Morgan fingerprint density at radius 3 is 2.45 bits per heavy atom. The molecule has 6 rings (SSSR count). The summed E-state index contributed by atoms with van der Waals surface area (Å²) in [7, 11) is 0. The van der Waals surface area contributed by atoms with Crippen molar-refractivity contribution in [1.29, 1.82) is 0 Å². The number of benzene rings is 1. The van der Waals surface area contributed by atoms with Gasteiger partial charge in [0.15, 0.2) is 6.23 Å². The first-order valence-electron chi connectivity index (χ1n) is 18.1. The van der Waals surface area contributed by atoms with Crippen LogP contribution in [0.5, 0.6) is 0 Å². The smallest absolute Gasteiger partial charge is 0.410 e. The normalized spacial score (nSPS) is 22.2. The lowest BCUT2D eigenvalue weighted by atomic mass is 9.63. The van der Waals surface area contributed by atoms with Crippen LogP contribution in [0.2, 0.25) is 0 Å². The lowest BCUT2D eigenvalue weighted by molar-refractivity contribution is -0.0393. The molecule has 49 heavy (non-hydrogen) atoms. The molecule has 8 heteroatoms. The van der Waals surface area contributed by atoms with Crippen molar-refractivity contribution in [1.82, 2.24) is 24.6 Å². The van der Waals surface area contributed by atoms with Gasteiger partial charge in [-0.25, -0.2) is 14.5 Å². The van der Waals surface area contributed by atoms with E-state index in [9.17, 15) is 4.79 Å². The van der Waals surface area contributed by atoms with Crippen LogP contribution < -0.4 is 0 Å². The average molecular weight is 666 g/mol. The predicted molar refractivity (Wildman–Crippen MR) is 196 cm³/mol. The SMILES string of the molecule is CCC1(C)c2nn(C3CCCCO3)c(-c3nc(C(C)(C)CN(Cc4ccccn4)C(=O)OC(C)(C)C)cc4ccccc34)c2C(C)C1(C)C. The summed E-state index contributed by atoms with van der Waals surface area (Å²) < 4.78 is 14.5. The summed E-state index contributed by atoms with van der Waals surface area (Å²) in [5.41, 5.74) is 4.93. The molecule has 0 radical (unpaired) electrons. The Bertz CT molecular complexity index is 1820. The molecule has 1 fully saturated rings. The second kappa shape index (κ2) is 12.8. The van der Waals surface area contributed by atoms with Gasteiger partial charge in [-0.15, -0.1) is 0 Å². The largest absolute Gasteiger partial charge is 0.444 e. The van der Waals surface area contributed by atoms with Crippen molar-refractivity contribution in [3.8, 4) is 11.4 Å². The van der Waals surface area contributed by atoms with E-state index < -0.39 is 11.0 Å². The number of fused-ring (bicyclic) bond motifs is 2. The Morgan fingerprint density at radius 1 is 1.06 bits per heavy atom. The number of aromatic nitrogens is 4. The maximum atomic E-state index is 13.7. The molecule has 1 amide bonds. The predicted octanol–water partition coefficient (Wildman–Crippen LogP) is 9.72. The van der Waals surface area contributed by atoms with E-state index in [0.29, 0.717) is 13.1 Å². The second-order valence-corrected chi connectivity index (χ2v) is 16.6. The van der Waals surface area contributed by atoms with Crippen LogP contribution in [-0.4, -0.2) is 49.5 Å². The summed E-state index contributed by atoms with van der Waals surface area (Å²) >= 11 is 0. The maximum absolute atomic E-state index is 13.7. The van der Waals surface area contributed by atoms with Gasteiger partial charge in [-0.3, -0.25) is 4.98 Å². The van der Waals surface area contributed by atoms with Crippen molar-refractivity contribution in [2.75, 3.05) is 13.2 Å². The fourth-order valence-corrected chi connectivity index (χ4v) is 7.88. The van der Waals surface area contributed by atoms with E-state index in [1.807, 2.05) is 39.0 Å². The number of hydrogen-bond acceptors (Lipinski definition) is 6. The summed E-state index contributed by atoms with van der Waals surface area (Å²) in [5, 5.41) is 7.69. The molecule has 0 saturated carbocycles. The molecule has 0 spiro atoms. The molecule has 0 bridgehead atoms. The molecule has 1 aliphatic carbocycles. The summed E-state index contributed by atoms with van der Waals surface area (Å²) in [6, 6.07) is 16.5. The fourth-order valence-electron chi connectivity index (χ4n) is 7.88. The van der Waals surface area contributed by atoms with Crippen LogP contribution in [0, 0.1) is 5.41 Å². The van der Waals surface area contributed by atoms with Crippen LogP contribution in [0.1, 0.15) is 130 Å². The minimum Gasteiger partial charge on any atom is -0.444 e. The van der Waals surface area contributed by atoms with Gasteiger partial charge in [0, 0.05) is 46.8 Å². The topological polar surface area (TPSA) is 82.4 Å². The minimum atomic E-state index is -0.630. The molecule has 3 unspecified atom stereocenters. The van der Waals surface area contributed by atoms with E-state index in [0.717, 1.165) is 65.8 Å². The van der Waals surface area contributed by atoms with Crippen LogP contribution >= 0.6 is 0 Å². The monoisotopic (exact) mass is 665 g/mol. The zero-order chi connectivity index (χ0) is 35.4. The molecular weight excluding hydrogens is 610 g/mol. The van der Waals surface area contributed by atoms with Crippen LogP contribution in [0.3, 0.4) is 0 Å². The summed E-state index contributed by atoms with van der Waals surface area (Å²) in [6.07, 6.45) is 5.36. The van der Waals surface area contributed by atoms with Gasteiger partial charge in [0.05, 0.1) is 29.3 Å². The van der Waals surface area contributed by atoms with Crippen molar-refractivity contribution in [3.63, 3.8) is 0 Å². The summed E-state index contributed by atoms with van der Waals surface area (Å²) in [6.45, 7) is 23.3. The number of pyridine rings is 2. The second-order valence-electron chi connectivity index (χ2n) is 16.6. The molecule has 262 valence electrons. The third-order valence-corrected chi connectivity index (χ3v) is 11.5. The number of carbonyl (C=O) groups is 1. The molecule has 8 nitrogen and oxygen atoms in total. The molecular formula is C41H55N5O3. The van der Waals surface area contributed by atoms with Gasteiger partial charge in [-0.2, -0.15) is 5.10 Å². The first-order valence-corrected chi connectivity index (χ1v) is 18.1. The highest BCUT2D eigenvalue weighted by Gasteiger charge is 2.56. The fraction of sp³-hybridized carbons (Fsp3) is 0.561. The Morgan fingerprint density at radius 2 is 1.80 bits per heavy atom. The molecule has 4 aromatic rings. The zero-order valence-corrected chi connectivity index (χ0v) is 31.3. The van der Waals surface area contributed by atoms with Crippen LogP contribution in [-0.2, 0) is 26.8 Å². The standard InChI is InChI=1S/C41H55N5O3/c1-11-41(10)36-33(27(2)40(41,8)9)35(46(44-36)32-21-15-17-23-48-32)34-30-20-13-12-18-28(30)24-31(43-34)39(6,7)26-45(37(47)49-38(3,4)5)25-29-19-14-16-22-42-29/h12-14,16,18-20,22,24,27,32H,11,15,17,21,23,25-26H2,1-10H3. The van der Waals surface area contributed by atoms with Crippen molar-refractivity contribution >= 4 is 16.9 Å². The van der Waals surface area contributed by atoms with E-state index in [2.05, 4.69) is 88.5 Å². The van der Waals surface area contributed by atoms with Gasteiger partial charge in [-0.1, -0.05) is 78.8 Å². The number of nitrogens with zero attached hydrogens (tertiary/aromatic N) is 5. The summed E-state index contributed by atoms with van der Waals surface area (Å²) in [5.74, 6) is 0.262. The van der Waals surface area contributed by atoms with Gasteiger partial charge in [0.25, 0.3) is 0 Å². The number of ether oxygens (including phenoxy) is 2. The van der Waals surface area contributed by atoms with Crippen molar-refractivity contribution in [2.24, 2.45) is 5.41 Å². The van der Waals surface area contributed by atoms with Crippen molar-refractivity contribution < 1.29 is 14.3 Å². The van der Waals surface area contributed by atoms with Crippen LogP contribution in [0.25, 0.3) is 22.2 Å². The molecule has 1 aliphatic heterocycles. The molecule has 2 aliphatic rings. The van der Waals surface area contributed by atoms with Crippen LogP contribution in [0.4, 0.5) is 4.79 Å². The van der Waals surface area contributed by atoms with Gasteiger partial charge < -0.3 is 14.4 Å². The maximum Gasteiger partial charge on any atom is 0.410 e. The van der Waals surface area contributed by atoms with Crippen LogP contribution in [0.15, 0.2) is 54.7 Å². The molecule has 3 atom stereocenters. The Hall–Kier alpha value is -3.78. The molecule has 1 saturated heterocycles. The van der Waals surface area contributed by atoms with Gasteiger partial charge in [0.2, 0.25) is 0 Å². The molecule has 1 aromatic carbocycles. The number of carbonyl (C=O) groups excluding carboxylic acids is 1. The number of hydrogen-bond donors (Lipinski definition) is 0. The van der Waals surface area contributed by atoms with E-state index in [1.165, 1.54) is 11.3 Å². The summed E-state index contributed by atoms with van der Waals surface area (Å²) in [4.78, 5) is 25.6. The first kappa shape index (κ1) is 35.1. The highest BCUT2D eigenvalue weighted by molar-refractivity contribution is 5.95. The molecule has 4 heterocycles. The molecule has 3 aromatic heterocycles. The zero-order valence-electron chi connectivity index (χ0n) is 31.3. The number of rotatable bonds is 8. The van der Waals surface area contributed by atoms with E-state index >= 15 is 0 Å². The Balaban J connectivity index is 1.52. The molecule has 0 N–H and O–H groups in total. The third kappa shape index (κ3) is 6.37. The Labute approximate surface area is 292 Å². The quantitative estimate of drug-likeness (QED) is 0.186. The van der Waals surface area contributed by atoms with Crippen molar-refractivity contribution in [3.05, 3.63) is 77.4 Å². The highest BCUT2D eigenvalue weighted by atomic mass is 16.6. The van der Waals surface area contributed by atoms with Crippen molar-refractivity contribution in [2.45, 2.75) is 130 Å². The van der Waals surface area contributed by atoms with Gasteiger partial charge in [-0.05, 0) is 81.4 Å². The highest BCUT2D eigenvalue weighted by Crippen LogP contribution is 2.62.